The van der Waals surface area contributed by atoms with Crippen molar-refractivity contribution in [3.63, 3.8) is 0 Å². The molecule has 5 heteroatoms. The van der Waals surface area contributed by atoms with Crippen LogP contribution in [0, 0.1) is 23.2 Å². The monoisotopic (exact) mass is 371 g/mol. The van der Waals surface area contributed by atoms with E-state index in [-0.39, 0.29) is 24.5 Å². The summed E-state index contributed by atoms with van der Waals surface area (Å²) >= 11 is 0. The van der Waals surface area contributed by atoms with E-state index in [4.69, 9.17) is 9.47 Å². The summed E-state index contributed by atoms with van der Waals surface area (Å²) in [6.07, 6.45) is 8.28. The van der Waals surface area contributed by atoms with E-state index in [2.05, 4.69) is 5.32 Å². The Labute approximate surface area is 160 Å². The molecule has 0 heterocycles. The molecule has 0 radical (unpaired) electrons. The molecule has 1 aromatic carbocycles. The lowest BCUT2D eigenvalue weighted by atomic mass is 9.49. The highest BCUT2D eigenvalue weighted by molar-refractivity contribution is 5.82. The topological polar surface area (TPSA) is 64.6 Å². The highest BCUT2D eigenvalue weighted by Crippen LogP contribution is 2.61. The molecule has 0 aliphatic heterocycles. The molecule has 27 heavy (non-hydrogen) atoms. The van der Waals surface area contributed by atoms with Crippen LogP contribution in [-0.4, -0.2) is 25.5 Å². The van der Waals surface area contributed by atoms with Crippen LogP contribution in [0.25, 0.3) is 0 Å². The summed E-state index contributed by atoms with van der Waals surface area (Å²) in [5, 5.41) is 2.78. The first-order chi connectivity index (χ1) is 13.0. The normalized spacial score (nSPS) is 30.8. The molecule has 0 unspecified atom stereocenters. The minimum Gasteiger partial charge on any atom is -0.496 e. The van der Waals surface area contributed by atoms with E-state index < -0.39 is 5.97 Å². The van der Waals surface area contributed by atoms with Crippen LogP contribution in [0.4, 0.5) is 0 Å². The van der Waals surface area contributed by atoms with Crippen LogP contribution in [0.5, 0.6) is 5.75 Å². The quantitative estimate of drug-likeness (QED) is 0.746. The van der Waals surface area contributed by atoms with Gasteiger partial charge in [0.15, 0.2) is 0 Å². The van der Waals surface area contributed by atoms with E-state index in [1.807, 2.05) is 24.3 Å². The van der Waals surface area contributed by atoms with E-state index in [0.717, 1.165) is 23.3 Å². The van der Waals surface area contributed by atoms with Gasteiger partial charge < -0.3 is 14.8 Å². The number of nitrogens with one attached hydrogen (secondary N) is 1. The van der Waals surface area contributed by atoms with Crippen LogP contribution in [0.15, 0.2) is 24.3 Å². The second-order valence-corrected chi connectivity index (χ2v) is 8.84. The van der Waals surface area contributed by atoms with E-state index >= 15 is 0 Å². The molecular formula is C22H29NO4. The average Bonchev–Trinajstić information content (AvgIpc) is 2.63. The van der Waals surface area contributed by atoms with Crippen molar-refractivity contribution < 1.29 is 19.1 Å². The molecule has 4 bridgehead atoms. The third-order valence-electron chi connectivity index (χ3n) is 6.71. The van der Waals surface area contributed by atoms with Gasteiger partial charge in [0.1, 0.15) is 18.9 Å². The summed E-state index contributed by atoms with van der Waals surface area (Å²) in [6, 6.07) is 7.43. The average molecular weight is 371 g/mol. The smallest absolute Gasteiger partial charge is 0.325 e. The van der Waals surface area contributed by atoms with E-state index in [1.165, 1.54) is 38.5 Å². The van der Waals surface area contributed by atoms with Crippen molar-refractivity contribution in [3.8, 4) is 5.75 Å². The fourth-order valence-corrected chi connectivity index (χ4v) is 6.11. The summed E-state index contributed by atoms with van der Waals surface area (Å²) in [4.78, 5) is 24.5. The molecule has 0 aromatic heterocycles. The Morgan fingerprint density at radius 3 is 2.33 bits per heavy atom. The molecule has 146 valence electrons. The Morgan fingerprint density at radius 1 is 1.07 bits per heavy atom. The van der Waals surface area contributed by atoms with E-state index in [0.29, 0.717) is 12.2 Å². The Hall–Kier alpha value is -2.04. The lowest BCUT2D eigenvalue weighted by Gasteiger charge is -2.56. The zero-order valence-corrected chi connectivity index (χ0v) is 16.0. The van der Waals surface area contributed by atoms with Crippen LogP contribution in [-0.2, 0) is 20.9 Å². The van der Waals surface area contributed by atoms with Gasteiger partial charge in [-0.2, -0.15) is 0 Å². The number of carbonyl (C=O) groups excluding carboxylic acids is 2. The number of hydrogen-bond donors (Lipinski definition) is 1. The highest BCUT2D eigenvalue weighted by Gasteiger charge is 2.51. The molecule has 4 aliphatic carbocycles. The first-order valence-corrected chi connectivity index (χ1v) is 10.1. The largest absolute Gasteiger partial charge is 0.496 e. The molecule has 1 N–H and O–H groups in total. The maximum absolute atomic E-state index is 12.5. The Bertz CT molecular complexity index is 679. The standard InChI is InChI=1S/C22H29NO4/c1-26-19-5-3-2-4-18(19)14-27-21(25)13-23-20(24)12-22-9-15-6-16(10-22)8-17(7-15)11-22/h2-5,15-17H,6-14H2,1H3,(H,23,24). The Morgan fingerprint density at radius 2 is 1.70 bits per heavy atom. The van der Waals surface area contributed by atoms with Gasteiger partial charge in [-0.25, -0.2) is 0 Å². The van der Waals surface area contributed by atoms with Crippen LogP contribution in [0.2, 0.25) is 0 Å². The van der Waals surface area contributed by atoms with Gasteiger partial charge in [-0.15, -0.1) is 0 Å². The van der Waals surface area contributed by atoms with Crippen molar-refractivity contribution in [3.05, 3.63) is 29.8 Å². The number of methoxy groups -OCH3 is 1. The SMILES string of the molecule is COc1ccccc1COC(=O)CNC(=O)CC12CC3CC(CC(C3)C1)C2. The van der Waals surface area contributed by atoms with Crippen molar-refractivity contribution in [1.82, 2.24) is 5.32 Å². The van der Waals surface area contributed by atoms with Gasteiger partial charge in [0, 0.05) is 12.0 Å². The zero-order valence-electron chi connectivity index (χ0n) is 16.0. The summed E-state index contributed by atoms with van der Waals surface area (Å²) in [7, 11) is 1.59. The first kappa shape index (κ1) is 18.3. The van der Waals surface area contributed by atoms with Gasteiger partial charge in [0.2, 0.25) is 5.91 Å². The van der Waals surface area contributed by atoms with E-state index in [1.54, 1.807) is 7.11 Å². The van der Waals surface area contributed by atoms with Crippen LogP contribution in [0.1, 0.15) is 50.5 Å². The molecule has 5 rings (SSSR count). The summed E-state index contributed by atoms with van der Waals surface area (Å²) < 4.78 is 10.5. The molecule has 4 saturated carbocycles. The van der Waals surface area contributed by atoms with Crippen molar-refractivity contribution in [2.45, 2.75) is 51.6 Å². The lowest BCUT2D eigenvalue weighted by molar-refractivity contribution is -0.146. The molecule has 0 saturated heterocycles. The summed E-state index contributed by atoms with van der Waals surface area (Å²) in [5.74, 6) is 2.75. The van der Waals surface area contributed by atoms with Gasteiger partial charge in [0.05, 0.1) is 7.11 Å². The molecular weight excluding hydrogens is 342 g/mol. The minimum absolute atomic E-state index is 0.00816. The fourth-order valence-electron chi connectivity index (χ4n) is 6.11. The van der Waals surface area contributed by atoms with Gasteiger partial charge in [0.25, 0.3) is 0 Å². The number of esters is 1. The summed E-state index contributed by atoms with van der Waals surface area (Å²) in [5.41, 5.74) is 1.01. The zero-order chi connectivity index (χ0) is 18.9. The maximum atomic E-state index is 12.5. The van der Waals surface area contributed by atoms with Crippen molar-refractivity contribution >= 4 is 11.9 Å². The van der Waals surface area contributed by atoms with Gasteiger partial charge in [-0.3, -0.25) is 9.59 Å². The molecule has 1 aromatic rings. The van der Waals surface area contributed by atoms with Gasteiger partial charge in [-0.05, 0) is 67.8 Å². The third kappa shape index (κ3) is 4.12. The molecule has 5 nitrogen and oxygen atoms in total. The highest BCUT2D eigenvalue weighted by atomic mass is 16.5. The van der Waals surface area contributed by atoms with Gasteiger partial charge >= 0.3 is 5.97 Å². The Kier molecular flexibility index (Phi) is 5.11. The second kappa shape index (κ2) is 7.53. The predicted octanol–water partition coefficient (Wildman–Crippen LogP) is 3.46. The van der Waals surface area contributed by atoms with Crippen molar-refractivity contribution in [2.24, 2.45) is 23.2 Å². The van der Waals surface area contributed by atoms with Crippen LogP contribution >= 0.6 is 0 Å². The number of hydrogen-bond acceptors (Lipinski definition) is 4. The van der Waals surface area contributed by atoms with Crippen molar-refractivity contribution in [1.29, 1.82) is 0 Å². The minimum atomic E-state index is -0.417. The first-order valence-electron chi connectivity index (χ1n) is 10.1. The molecule has 0 atom stereocenters. The summed E-state index contributed by atoms with van der Waals surface area (Å²) in [6.45, 7) is 0.0774. The number of para-hydroxylation sites is 1. The number of ether oxygens (including phenoxy) is 2. The number of amides is 1. The van der Waals surface area contributed by atoms with Gasteiger partial charge in [-0.1, -0.05) is 18.2 Å². The number of benzene rings is 1. The van der Waals surface area contributed by atoms with Crippen molar-refractivity contribution in [2.75, 3.05) is 13.7 Å². The number of carbonyl (C=O) groups is 2. The molecule has 4 fully saturated rings. The number of rotatable bonds is 7. The Balaban J connectivity index is 1.23. The predicted molar refractivity (Wildman–Crippen MR) is 101 cm³/mol. The second-order valence-electron chi connectivity index (χ2n) is 8.84. The lowest BCUT2D eigenvalue weighted by Crippen LogP contribution is -2.48. The molecule has 1 amide bonds. The van der Waals surface area contributed by atoms with Crippen LogP contribution in [0.3, 0.4) is 0 Å². The third-order valence-corrected chi connectivity index (χ3v) is 6.71. The maximum Gasteiger partial charge on any atom is 0.325 e. The molecule has 4 aliphatic rings. The fraction of sp³-hybridized carbons (Fsp3) is 0.636. The van der Waals surface area contributed by atoms with E-state index in [9.17, 15) is 9.59 Å². The van der Waals surface area contributed by atoms with Crippen LogP contribution < -0.4 is 10.1 Å². The molecule has 0 spiro atoms.